The van der Waals surface area contributed by atoms with Crippen LogP contribution in [-0.4, -0.2) is 32.7 Å². The minimum atomic E-state index is -0.377. The summed E-state index contributed by atoms with van der Waals surface area (Å²) >= 11 is 0. The summed E-state index contributed by atoms with van der Waals surface area (Å²) in [5, 5.41) is 12.2. The highest BCUT2D eigenvalue weighted by Gasteiger charge is 2.23. The van der Waals surface area contributed by atoms with Crippen LogP contribution in [0.4, 0.5) is 5.69 Å². The zero-order valence-electron chi connectivity index (χ0n) is 14.4. The monoisotopic (exact) mass is 348 g/mol. The van der Waals surface area contributed by atoms with E-state index in [0.717, 1.165) is 42.0 Å². The molecule has 132 valence electrons. The van der Waals surface area contributed by atoms with E-state index in [1.807, 2.05) is 35.0 Å². The van der Waals surface area contributed by atoms with Crippen LogP contribution in [0.3, 0.4) is 0 Å². The van der Waals surface area contributed by atoms with Crippen LogP contribution in [0.25, 0.3) is 0 Å². The zero-order chi connectivity index (χ0) is 17.9. The number of benzene rings is 2. The first-order valence-corrected chi connectivity index (χ1v) is 8.68. The fraction of sp³-hybridized carbons (Fsp3) is 0.263. The number of nitrogens with zero attached hydrogens (tertiary/aromatic N) is 5. The predicted molar refractivity (Wildman–Crippen MR) is 97.7 cm³/mol. The van der Waals surface area contributed by atoms with Crippen LogP contribution < -0.4 is 10.6 Å². The first-order chi connectivity index (χ1) is 12.7. The third-order valence-corrected chi connectivity index (χ3v) is 4.73. The second-order valence-corrected chi connectivity index (χ2v) is 6.43. The van der Waals surface area contributed by atoms with E-state index in [1.165, 1.54) is 0 Å². The fourth-order valence-corrected chi connectivity index (χ4v) is 3.48. The van der Waals surface area contributed by atoms with Gasteiger partial charge in [-0.3, -0.25) is 4.79 Å². The van der Waals surface area contributed by atoms with E-state index in [9.17, 15) is 4.79 Å². The Hall–Kier alpha value is -3.22. The van der Waals surface area contributed by atoms with Crippen molar-refractivity contribution in [1.29, 1.82) is 0 Å². The smallest absolute Gasteiger partial charge is 0.249 e. The second-order valence-electron chi connectivity index (χ2n) is 6.43. The van der Waals surface area contributed by atoms with E-state index in [1.54, 1.807) is 6.07 Å². The van der Waals surface area contributed by atoms with Crippen molar-refractivity contribution >= 4 is 11.6 Å². The van der Waals surface area contributed by atoms with Crippen LogP contribution in [0, 0.1) is 0 Å². The number of anilines is 1. The van der Waals surface area contributed by atoms with Crippen molar-refractivity contribution in [3.63, 3.8) is 0 Å². The number of primary amides is 1. The van der Waals surface area contributed by atoms with E-state index >= 15 is 0 Å². The lowest BCUT2D eigenvalue weighted by Gasteiger charge is -2.31. The Morgan fingerprint density at radius 3 is 2.73 bits per heavy atom. The van der Waals surface area contributed by atoms with Gasteiger partial charge in [0, 0.05) is 17.8 Å². The van der Waals surface area contributed by atoms with E-state index in [0.29, 0.717) is 18.7 Å². The average Bonchev–Trinajstić information content (AvgIpc) is 3.09. The van der Waals surface area contributed by atoms with Crippen molar-refractivity contribution in [2.45, 2.75) is 25.9 Å². The molecule has 0 fully saturated rings. The Kier molecular flexibility index (Phi) is 4.35. The molecule has 0 radical (unpaired) electrons. The van der Waals surface area contributed by atoms with Gasteiger partial charge in [-0.1, -0.05) is 36.4 Å². The molecule has 1 aromatic heterocycles. The molecule has 0 spiro atoms. The summed E-state index contributed by atoms with van der Waals surface area (Å²) < 4.78 is 1.82. The SMILES string of the molecule is NC(=O)c1cccc2c1CCCN2Cc1nnnn1Cc1ccccc1. The van der Waals surface area contributed by atoms with Gasteiger partial charge < -0.3 is 10.6 Å². The van der Waals surface area contributed by atoms with E-state index in [-0.39, 0.29) is 5.91 Å². The first-order valence-electron chi connectivity index (χ1n) is 8.68. The summed E-state index contributed by atoms with van der Waals surface area (Å²) in [6.07, 6.45) is 1.83. The normalized spacial score (nSPS) is 13.5. The van der Waals surface area contributed by atoms with Crippen molar-refractivity contribution in [2.24, 2.45) is 5.73 Å². The molecule has 2 N–H and O–H groups in total. The Bertz CT molecular complexity index is 921. The molecular formula is C19H20N6O. The minimum Gasteiger partial charge on any atom is -0.366 e. The highest BCUT2D eigenvalue weighted by molar-refractivity contribution is 5.96. The average molecular weight is 348 g/mol. The molecular weight excluding hydrogens is 328 g/mol. The Morgan fingerprint density at radius 1 is 1.08 bits per heavy atom. The number of fused-ring (bicyclic) bond motifs is 1. The summed E-state index contributed by atoms with van der Waals surface area (Å²) in [4.78, 5) is 13.9. The standard InChI is InChI=1S/C19H20N6O/c20-19(26)16-8-4-10-17-15(16)9-5-11-24(17)13-18-21-22-23-25(18)12-14-6-2-1-3-7-14/h1-4,6-8,10H,5,9,11-13H2,(H2,20,26). The van der Waals surface area contributed by atoms with Gasteiger partial charge >= 0.3 is 0 Å². The maximum atomic E-state index is 11.7. The van der Waals surface area contributed by atoms with Crippen LogP contribution in [0.1, 0.15) is 33.7 Å². The highest BCUT2D eigenvalue weighted by atomic mass is 16.1. The summed E-state index contributed by atoms with van der Waals surface area (Å²) in [7, 11) is 0. The molecule has 3 aromatic rings. The van der Waals surface area contributed by atoms with Gasteiger partial charge in [-0.2, -0.15) is 0 Å². The molecule has 1 aliphatic rings. The Labute approximate surface area is 151 Å². The maximum Gasteiger partial charge on any atom is 0.249 e. The molecule has 0 saturated heterocycles. The number of rotatable bonds is 5. The van der Waals surface area contributed by atoms with Crippen LogP contribution >= 0.6 is 0 Å². The van der Waals surface area contributed by atoms with Crippen molar-refractivity contribution < 1.29 is 4.79 Å². The molecule has 4 rings (SSSR count). The van der Waals surface area contributed by atoms with Crippen LogP contribution in [0.2, 0.25) is 0 Å². The molecule has 26 heavy (non-hydrogen) atoms. The Morgan fingerprint density at radius 2 is 1.92 bits per heavy atom. The van der Waals surface area contributed by atoms with Gasteiger partial charge in [0.1, 0.15) is 0 Å². The molecule has 7 nitrogen and oxygen atoms in total. The molecule has 1 aliphatic heterocycles. The zero-order valence-corrected chi connectivity index (χ0v) is 14.4. The number of carbonyl (C=O) groups excluding carboxylic acids is 1. The molecule has 0 saturated carbocycles. The number of tetrazole rings is 1. The number of amides is 1. The predicted octanol–water partition coefficient (Wildman–Crippen LogP) is 1.77. The topological polar surface area (TPSA) is 89.9 Å². The van der Waals surface area contributed by atoms with E-state index < -0.39 is 0 Å². The lowest BCUT2D eigenvalue weighted by molar-refractivity contribution is 0.0999. The molecule has 0 atom stereocenters. The molecule has 0 aliphatic carbocycles. The van der Waals surface area contributed by atoms with Crippen LogP contribution in [-0.2, 0) is 19.5 Å². The molecule has 0 unspecified atom stereocenters. The number of carbonyl (C=O) groups is 1. The van der Waals surface area contributed by atoms with Crippen molar-refractivity contribution in [3.05, 3.63) is 71.0 Å². The number of hydrogen-bond donors (Lipinski definition) is 1. The summed E-state index contributed by atoms with van der Waals surface area (Å²) in [6, 6.07) is 15.8. The Balaban J connectivity index is 1.60. The van der Waals surface area contributed by atoms with E-state index in [4.69, 9.17) is 5.73 Å². The third-order valence-electron chi connectivity index (χ3n) is 4.73. The first kappa shape index (κ1) is 16.3. The van der Waals surface area contributed by atoms with Gasteiger partial charge in [-0.15, -0.1) is 5.10 Å². The number of nitrogens with two attached hydrogens (primary N) is 1. The van der Waals surface area contributed by atoms with Gasteiger partial charge in [-0.05, 0) is 46.5 Å². The molecule has 1 amide bonds. The minimum absolute atomic E-state index is 0.377. The molecule has 7 heteroatoms. The molecule has 0 bridgehead atoms. The van der Waals surface area contributed by atoms with E-state index in [2.05, 4.69) is 32.6 Å². The quantitative estimate of drug-likeness (QED) is 0.759. The molecule has 2 aromatic carbocycles. The maximum absolute atomic E-state index is 11.7. The fourth-order valence-electron chi connectivity index (χ4n) is 3.48. The number of hydrogen-bond acceptors (Lipinski definition) is 5. The van der Waals surface area contributed by atoms with Crippen molar-refractivity contribution in [1.82, 2.24) is 20.2 Å². The highest BCUT2D eigenvalue weighted by Crippen LogP contribution is 2.30. The van der Waals surface area contributed by atoms with Gasteiger partial charge in [-0.25, -0.2) is 4.68 Å². The van der Waals surface area contributed by atoms with Gasteiger partial charge in [0.2, 0.25) is 5.91 Å². The lowest BCUT2D eigenvalue weighted by atomic mass is 9.96. The van der Waals surface area contributed by atoms with Gasteiger partial charge in [0.05, 0.1) is 13.1 Å². The van der Waals surface area contributed by atoms with Gasteiger partial charge in [0.25, 0.3) is 0 Å². The van der Waals surface area contributed by atoms with Gasteiger partial charge in [0.15, 0.2) is 5.82 Å². The van der Waals surface area contributed by atoms with Crippen LogP contribution in [0.15, 0.2) is 48.5 Å². The molecule has 2 heterocycles. The third kappa shape index (κ3) is 3.15. The van der Waals surface area contributed by atoms with Crippen molar-refractivity contribution in [2.75, 3.05) is 11.4 Å². The van der Waals surface area contributed by atoms with Crippen molar-refractivity contribution in [3.8, 4) is 0 Å². The number of aromatic nitrogens is 4. The summed E-state index contributed by atoms with van der Waals surface area (Å²) in [6.45, 7) is 2.12. The van der Waals surface area contributed by atoms with Crippen LogP contribution in [0.5, 0.6) is 0 Å². The second kappa shape index (κ2) is 6.95. The largest absolute Gasteiger partial charge is 0.366 e. The summed E-state index contributed by atoms with van der Waals surface area (Å²) in [5.74, 6) is 0.420. The lowest BCUT2D eigenvalue weighted by Crippen LogP contribution is -2.31. The summed E-state index contributed by atoms with van der Waals surface area (Å²) in [5.41, 5.74) is 9.36.